The minimum Gasteiger partial charge on any atom is -0.496 e. The highest BCUT2D eigenvalue weighted by molar-refractivity contribution is 5.73. The van der Waals surface area contributed by atoms with Gasteiger partial charge in [-0.2, -0.15) is 0 Å². The molecule has 0 amide bonds. The summed E-state index contributed by atoms with van der Waals surface area (Å²) in [6, 6.07) is 4.10. The van der Waals surface area contributed by atoms with Gasteiger partial charge in [-0.05, 0) is 63.3 Å². The van der Waals surface area contributed by atoms with E-state index in [0.29, 0.717) is 12.8 Å². The smallest absolute Gasteiger partial charge is 0.309 e. The fourth-order valence-corrected chi connectivity index (χ4v) is 2.01. The van der Waals surface area contributed by atoms with Crippen LogP contribution in [-0.2, 0) is 11.2 Å². The zero-order valence-corrected chi connectivity index (χ0v) is 11.8. The third-order valence-corrected chi connectivity index (χ3v) is 3.38. The van der Waals surface area contributed by atoms with Crippen molar-refractivity contribution in [3.8, 4) is 5.75 Å². The van der Waals surface area contributed by atoms with E-state index in [1.54, 1.807) is 21.0 Å². The molecule has 1 aromatic carbocycles. The van der Waals surface area contributed by atoms with Gasteiger partial charge in [0.25, 0.3) is 0 Å². The monoisotopic (exact) mass is 250 g/mol. The summed E-state index contributed by atoms with van der Waals surface area (Å²) in [5.74, 6) is 0.0971. The van der Waals surface area contributed by atoms with Crippen LogP contribution >= 0.6 is 0 Å². The van der Waals surface area contributed by atoms with E-state index in [1.165, 1.54) is 0 Å². The van der Waals surface area contributed by atoms with E-state index >= 15 is 0 Å². The fraction of sp³-hybridized carbons (Fsp3) is 0.533. The van der Waals surface area contributed by atoms with Gasteiger partial charge >= 0.3 is 5.97 Å². The molecule has 18 heavy (non-hydrogen) atoms. The van der Waals surface area contributed by atoms with E-state index in [0.717, 1.165) is 22.4 Å². The highest BCUT2D eigenvalue weighted by Gasteiger charge is 2.27. The molecule has 100 valence electrons. The lowest BCUT2D eigenvalue weighted by Gasteiger charge is -2.20. The molecule has 0 radical (unpaired) electrons. The number of carboxylic acids is 1. The molecule has 0 saturated carbocycles. The molecule has 1 aromatic rings. The maximum Gasteiger partial charge on any atom is 0.309 e. The summed E-state index contributed by atoms with van der Waals surface area (Å²) in [6.07, 6.45) is 1.32. The molecule has 0 aliphatic carbocycles. The van der Waals surface area contributed by atoms with Crippen molar-refractivity contribution in [3.63, 3.8) is 0 Å². The SMILES string of the molecule is COc1cc(C)cc(C)c1CCC(C)(C)C(=O)O. The van der Waals surface area contributed by atoms with Crippen LogP contribution in [0.15, 0.2) is 12.1 Å². The minimum atomic E-state index is -0.758. The van der Waals surface area contributed by atoms with Gasteiger partial charge < -0.3 is 9.84 Å². The lowest BCUT2D eigenvalue weighted by Crippen LogP contribution is -2.24. The number of hydrogen-bond acceptors (Lipinski definition) is 2. The molecule has 1 rings (SSSR count). The first kappa shape index (κ1) is 14.6. The molecule has 0 unspecified atom stereocenters. The predicted molar refractivity (Wildman–Crippen MR) is 72.2 cm³/mol. The summed E-state index contributed by atoms with van der Waals surface area (Å²) in [7, 11) is 1.65. The second-order valence-electron chi connectivity index (χ2n) is 5.45. The van der Waals surface area contributed by atoms with Crippen molar-refractivity contribution >= 4 is 5.97 Å². The average Bonchev–Trinajstić information content (AvgIpc) is 2.26. The van der Waals surface area contributed by atoms with Crippen LogP contribution in [0, 0.1) is 19.3 Å². The molecule has 0 saturated heterocycles. The van der Waals surface area contributed by atoms with E-state index in [9.17, 15) is 4.79 Å². The van der Waals surface area contributed by atoms with Crippen LogP contribution in [0.3, 0.4) is 0 Å². The van der Waals surface area contributed by atoms with Crippen LogP contribution in [0.5, 0.6) is 5.75 Å². The van der Waals surface area contributed by atoms with Gasteiger partial charge in [-0.15, -0.1) is 0 Å². The zero-order valence-electron chi connectivity index (χ0n) is 11.8. The van der Waals surface area contributed by atoms with Crippen LogP contribution in [0.25, 0.3) is 0 Å². The Morgan fingerprint density at radius 2 is 1.94 bits per heavy atom. The lowest BCUT2D eigenvalue weighted by molar-refractivity contribution is -0.147. The van der Waals surface area contributed by atoms with E-state index < -0.39 is 11.4 Å². The first-order valence-corrected chi connectivity index (χ1v) is 6.15. The molecule has 0 heterocycles. The molecule has 1 N–H and O–H groups in total. The summed E-state index contributed by atoms with van der Waals surface area (Å²) in [5.41, 5.74) is 2.72. The Morgan fingerprint density at radius 3 is 2.44 bits per heavy atom. The number of carboxylic acid groups (broad SMARTS) is 1. The highest BCUT2D eigenvalue weighted by atomic mass is 16.5. The lowest BCUT2D eigenvalue weighted by atomic mass is 9.85. The molecule has 0 aliphatic rings. The normalized spacial score (nSPS) is 11.4. The van der Waals surface area contributed by atoms with Gasteiger partial charge in [0.2, 0.25) is 0 Å². The van der Waals surface area contributed by atoms with Crippen molar-refractivity contribution in [2.45, 2.75) is 40.5 Å². The van der Waals surface area contributed by atoms with Crippen molar-refractivity contribution in [1.29, 1.82) is 0 Å². The number of ether oxygens (including phenoxy) is 1. The zero-order chi connectivity index (χ0) is 13.9. The second kappa shape index (κ2) is 5.42. The Labute approximate surface area is 109 Å². The topological polar surface area (TPSA) is 46.5 Å². The molecule has 0 spiro atoms. The Kier molecular flexibility index (Phi) is 4.38. The first-order valence-electron chi connectivity index (χ1n) is 6.15. The Hall–Kier alpha value is -1.51. The van der Waals surface area contributed by atoms with E-state index in [2.05, 4.69) is 6.07 Å². The third-order valence-electron chi connectivity index (χ3n) is 3.38. The quantitative estimate of drug-likeness (QED) is 0.871. The maximum absolute atomic E-state index is 11.1. The minimum absolute atomic E-state index is 0.600. The van der Waals surface area contributed by atoms with Gasteiger partial charge in [0.1, 0.15) is 5.75 Å². The third kappa shape index (κ3) is 3.25. The van der Waals surface area contributed by atoms with Crippen molar-refractivity contribution < 1.29 is 14.6 Å². The molecule has 3 heteroatoms. The summed E-state index contributed by atoms with van der Waals surface area (Å²) in [5, 5.41) is 9.13. The summed E-state index contributed by atoms with van der Waals surface area (Å²) >= 11 is 0. The van der Waals surface area contributed by atoms with Gasteiger partial charge in [-0.25, -0.2) is 0 Å². The Bertz CT molecular complexity index is 447. The number of hydrogen-bond donors (Lipinski definition) is 1. The molecule has 0 fully saturated rings. The van der Waals surface area contributed by atoms with E-state index in [4.69, 9.17) is 9.84 Å². The van der Waals surface area contributed by atoms with Crippen molar-refractivity contribution in [2.75, 3.05) is 7.11 Å². The number of aryl methyl sites for hydroxylation is 2. The number of methoxy groups -OCH3 is 1. The first-order chi connectivity index (χ1) is 8.27. The van der Waals surface area contributed by atoms with Crippen LogP contribution in [0.2, 0.25) is 0 Å². The molecular formula is C15H22O3. The van der Waals surface area contributed by atoms with Gasteiger partial charge in [0.05, 0.1) is 12.5 Å². The highest BCUT2D eigenvalue weighted by Crippen LogP contribution is 2.30. The number of aliphatic carboxylic acids is 1. The standard InChI is InChI=1S/C15H22O3/c1-10-8-11(2)12(13(9-10)18-5)6-7-15(3,4)14(16)17/h8-9H,6-7H2,1-5H3,(H,16,17). The van der Waals surface area contributed by atoms with Crippen LogP contribution in [-0.4, -0.2) is 18.2 Å². The summed E-state index contributed by atoms with van der Waals surface area (Å²) in [6.45, 7) is 7.58. The molecule has 0 atom stereocenters. The van der Waals surface area contributed by atoms with Crippen LogP contribution in [0.1, 0.15) is 37.0 Å². The Morgan fingerprint density at radius 1 is 1.33 bits per heavy atom. The van der Waals surface area contributed by atoms with Crippen molar-refractivity contribution in [3.05, 3.63) is 28.8 Å². The molecule has 0 aliphatic heterocycles. The number of benzene rings is 1. The molecular weight excluding hydrogens is 228 g/mol. The summed E-state index contributed by atoms with van der Waals surface area (Å²) in [4.78, 5) is 11.1. The van der Waals surface area contributed by atoms with Gasteiger partial charge in [-0.3, -0.25) is 4.79 Å². The largest absolute Gasteiger partial charge is 0.496 e. The Balaban J connectivity index is 2.95. The maximum atomic E-state index is 11.1. The van der Waals surface area contributed by atoms with Crippen LogP contribution in [0.4, 0.5) is 0 Å². The number of rotatable bonds is 5. The fourth-order valence-electron chi connectivity index (χ4n) is 2.01. The average molecular weight is 250 g/mol. The molecule has 3 nitrogen and oxygen atoms in total. The van der Waals surface area contributed by atoms with Crippen molar-refractivity contribution in [1.82, 2.24) is 0 Å². The van der Waals surface area contributed by atoms with Crippen LogP contribution < -0.4 is 4.74 Å². The molecule has 0 bridgehead atoms. The van der Waals surface area contributed by atoms with Gasteiger partial charge in [0, 0.05) is 0 Å². The second-order valence-corrected chi connectivity index (χ2v) is 5.45. The molecule has 0 aromatic heterocycles. The van der Waals surface area contributed by atoms with Gasteiger partial charge in [-0.1, -0.05) is 6.07 Å². The van der Waals surface area contributed by atoms with Gasteiger partial charge in [0.15, 0.2) is 0 Å². The summed E-state index contributed by atoms with van der Waals surface area (Å²) < 4.78 is 5.39. The number of carbonyl (C=O) groups is 1. The predicted octanol–water partition coefficient (Wildman–Crippen LogP) is 3.36. The van der Waals surface area contributed by atoms with Crippen molar-refractivity contribution in [2.24, 2.45) is 5.41 Å². The van der Waals surface area contributed by atoms with E-state index in [-0.39, 0.29) is 0 Å². The van der Waals surface area contributed by atoms with E-state index in [1.807, 2.05) is 19.9 Å².